The fourth-order valence-electron chi connectivity index (χ4n) is 3.71. The standard InChI is InChI=1S/C12H15NO5/c1-2-17-12(16)13-10(14)8-5-3-6-7(4-5)18-11(15)9(6)8/h5-9H,2-4H2,1H3,(H,13,14,16)/t5-,6-,7+,8-,9-/m0/s1. The molecule has 0 unspecified atom stereocenters. The Bertz CT molecular complexity index is 419. The molecule has 3 aliphatic rings. The number of carbonyl (C=O) groups excluding carboxylic acids is 3. The molecule has 3 fully saturated rings. The van der Waals surface area contributed by atoms with E-state index in [1.807, 2.05) is 0 Å². The molecule has 6 heteroatoms. The highest BCUT2D eigenvalue weighted by atomic mass is 16.6. The van der Waals surface area contributed by atoms with Gasteiger partial charge in [-0.1, -0.05) is 0 Å². The first-order chi connectivity index (χ1) is 8.61. The summed E-state index contributed by atoms with van der Waals surface area (Å²) in [5.74, 6) is -1.14. The van der Waals surface area contributed by atoms with E-state index < -0.39 is 17.9 Å². The van der Waals surface area contributed by atoms with Gasteiger partial charge in [0.2, 0.25) is 5.91 Å². The van der Waals surface area contributed by atoms with Crippen LogP contribution in [0.5, 0.6) is 0 Å². The van der Waals surface area contributed by atoms with Gasteiger partial charge >= 0.3 is 12.1 Å². The van der Waals surface area contributed by atoms with Crippen molar-refractivity contribution in [2.24, 2.45) is 23.7 Å². The van der Waals surface area contributed by atoms with E-state index in [1.54, 1.807) is 6.92 Å². The highest BCUT2D eigenvalue weighted by Crippen LogP contribution is 2.57. The first-order valence-corrected chi connectivity index (χ1v) is 6.30. The summed E-state index contributed by atoms with van der Waals surface area (Å²) in [6, 6.07) is 0. The molecule has 1 saturated heterocycles. The summed E-state index contributed by atoms with van der Waals surface area (Å²) in [7, 11) is 0. The molecule has 1 aliphatic heterocycles. The number of hydrogen-bond acceptors (Lipinski definition) is 5. The molecule has 98 valence electrons. The Morgan fingerprint density at radius 1 is 1.44 bits per heavy atom. The molecule has 2 aliphatic carbocycles. The zero-order chi connectivity index (χ0) is 12.9. The molecule has 2 bridgehead atoms. The summed E-state index contributed by atoms with van der Waals surface area (Å²) in [5.41, 5.74) is 0. The van der Waals surface area contributed by atoms with E-state index in [2.05, 4.69) is 10.1 Å². The number of ether oxygens (including phenoxy) is 2. The van der Waals surface area contributed by atoms with Gasteiger partial charge in [-0.25, -0.2) is 4.79 Å². The van der Waals surface area contributed by atoms with E-state index in [4.69, 9.17) is 4.74 Å². The molecule has 0 aromatic rings. The summed E-state index contributed by atoms with van der Waals surface area (Å²) in [6.07, 6.45) is 0.850. The summed E-state index contributed by atoms with van der Waals surface area (Å²) in [6.45, 7) is 1.88. The van der Waals surface area contributed by atoms with Crippen LogP contribution in [0.4, 0.5) is 4.79 Å². The minimum atomic E-state index is -0.742. The maximum absolute atomic E-state index is 12.0. The second-order valence-electron chi connectivity index (χ2n) is 5.13. The Balaban J connectivity index is 1.71. The van der Waals surface area contributed by atoms with Crippen molar-refractivity contribution >= 4 is 18.0 Å². The van der Waals surface area contributed by atoms with Gasteiger partial charge in [0.1, 0.15) is 6.10 Å². The topological polar surface area (TPSA) is 81.7 Å². The number of hydrogen-bond donors (Lipinski definition) is 1. The lowest BCUT2D eigenvalue weighted by atomic mass is 9.79. The average Bonchev–Trinajstić information content (AvgIpc) is 2.88. The van der Waals surface area contributed by atoms with Gasteiger partial charge in [-0.05, 0) is 25.7 Å². The molecule has 2 saturated carbocycles. The lowest BCUT2D eigenvalue weighted by Gasteiger charge is -2.22. The first-order valence-electron chi connectivity index (χ1n) is 6.30. The zero-order valence-electron chi connectivity index (χ0n) is 10.0. The van der Waals surface area contributed by atoms with E-state index in [1.165, 1.54) is 0 Å². The second-order valence-corrected chi connectivity index (χ2v) is 5.13. The van der Waals surface area contributed by atoms with Crippen molar-refractivity contribution in [3.8, 4) is 0 Å². The zero-order valence-corrected chi connectivity index (χ0v) is 10.0. The second kappa shape index (κ2) is 3.96. The number of rotatable bonds is 2. The third-order valence-corrected chi connectivity index (χ3v) is 4.29. The van der Waals surface area contributed by atoms with Crippen molar-refractivity contribution in [1.29, 1.82) is 0 Å². The van der Waals surface area contributed by atoms with Crippen LogP contribution in [0.1, 0.15) is 19.8 Å². The maximum Gasteiger partial charge on any atom is 0.413 e. The number of imide groups is 1. The molecule has 1 N–H and O–H groups in total. The van der Waals surface area contributed by atoms with Crippen LogP contribution in [0.25, 0.3) is 0 Å². The summed E-state index contributed by atoms with van der Waals surface area (Å²) < 4.78 is 9.91. The van der Waals surface area contributed by atoms with Gasteiger partial charge in [-0.3, -0.25) is 14.9 Å². The fraction of sp³-hybridized carbons (Fsp3) is 0.750. The van der Waals surface area contributed by atoms with Crippen LogP contribution >= 0.6 is 0 Å². The molecule has 0 radical (unpaired) electrons. The van der Waals surface area contributed by atoms with Gasteiger partial charge < -0.3 is 9.47 Å². The van der Waals surface area contributed by atoms with Crippen LogP contribution in [0, 0.1) is 23.7 Å². The predicted octanol–water partition coefficient (Wildman–Crippen LogP) is 0.457. The number of nitrogens with one attached hydrogen (secondary N) is 1. The minimum Gasteiger partial charge on any atom is -0.462 e. The van der Waals surface area contributed by atoms with E-state index >= 15 is 0 Å². The van der Waals surface area contributed by atoms with E-state index in [-0.39, 0.29) is 36.4 Å². The Morgan fingerprint density at radius 2 is 2.22 bits per heavy atom. The fourth-order valence-corrected chi connectivity index (χ4v) is 3.71. The van der Waals surface area contributed by atoms with Crippen molar-refractivity contribution < 1.29 is 23.9 Å². The third kappa shape index (κ3) is 1.51. The molecule has 1 heterocycles. The van der Waals surface area contributed by atoms with Crippen molar-refractivity contribution in [1.82, 2.24) is 5.32 Å². The van der Waals surface area contributed by atoms with Crippen LogP contribution in [-0.4, -0.2) is 30.7 Å². The van der Waals surface area contributed by atoms with Crippen LogP contribution in [-0.2, 0) is 19.1 Å². The van der Waals surface area contributed by atoms with Crippen LogP contribution < -0.4 is 5.32 Å². The Labute approximate surface area is 104 Å². The van der Waals surface area contributed by atoms with Crippen LogP contribution in [0.15, 0.2) is 0 Å². The normalized spacial score (nSPS) is 39.6. The van der Waals surface area contributed by atoms with E-state index in [0.29, 0.717) is 0 Å². The Kier molecular flexibility index (Phi) is 2.53. The lowest BCUT2D eigenvalue weighted by molar-refractivity contribution is -0.145. The average molecular weight is 253 g/mol. The van der Waals surface area contributed by atoms with Crippen molar-refractivity contribution in [2.45, 2.75) is 25.9 Å². The third-order valence-electron chi connectivity index (χ3n) is 4.29. The van der Waals surface area contributed by atoms with Gasteiger partial charge in [-0.15, -0.1) is 0 Å². The van der Waals surface area contributed by atoms with Gasteiger partial charge in [0.25, 0.3) is 0 Å². The van der Waals surface area contributed by atoms with Crippen molar-refractivity contribution in [3.63, 3.8) is 0 Å². The molecular formula is C12H15NO5. The van der Waals surface area contributed by atoms with Gasteiger partial charge in [0.05, 0.1) is 18.4 Å². The monoisotopic (exact) mass is 253 g/mol. The van der Waals surface area contributed by atoms with Gasteiger partial charge in [0.15, 0.2) is 0 Å². The van der Waals surface area contributed by atoms with E-state index in [9.17, 15) is 14.4 Å². The molecule has 18 heavy (non-hydrogen) atoms. The van der Waals surface area contributed by atoms with Gasteiger partial charge in [0, 0.05) is 5.92 Å². The molecule has 6 nitrogen and oxygen atoms in total. The van der Waals surface area contributed by atoms with E-state index in [0.717, 1.165) is 12.8 Å². The smallest absolute Gasteiger partial charge is 0.413 e. The lowest BCUT2D eigenvalue weighted by Crippen LogP contribution is -2.42. The highest BCUT2D eigenvalue weighted by molar-refractivity contribution is 5.96. The number of alkyl carbamates (subject to hydrolysis) is 1. The SMILES string of the molecule is CCOC(=O)NC(=O)[C@H]1[C@H]2C[C@@H]3[C@@H]1C(=O)O[C@@H]3C2. The number of esters is 1. The Morgan fingerprint density at radius 3 is 2.94 bits per heavy atom. The number of fused-ring (bicyclic) bond motifs is 1. The number of carbonyl (C=O) groups is 3. The summed E-state index contributed by atoms with van der Waals surface area (Å²) >= 11 is 0. The predicted molar refractivity (Wildman–Crippen MR) is 58.2 cm³/mol. The van der Waals surface area contributed by atoms with Crippen molar-refractivity contribution in [2.75, 3.05) is 6.61 Å². The maximum atomic E-state index is 12.0. The molecule has 3 rings (SSSR count). The molecule has 5 atom stereocenters. The first kappa shape index (κ1) is 11.5. The van der Waals surface area contributed by atoms with Gasteiger partial charge in [-0.2, -0.15) is 0 Å². The molecule has 0 aromatic carbocycles. The van der Waals surface area contributed by atoms with Crippen molar-refractivity contribution in [3.05, 3.63) is 0 Å². The summed E-state index contributed by atoms with van der Waals surface area (Å²) in [5, 5.41) is 2.20. The van der Waals surface area contributed by atoms with Crippen LogP contribution in [0.3, 0.4) is 0 Å². The quantitative estimate of drug-likeness (QED) is 0.723. The van der Waals surface area contributed by atoms with Crippen LogP contribution in [0.2, 0.25) is 0 Å². The molecule has 0 spiro atoms. The highest BCUT2D eigenvalue weighted by Gasteiger charge is 2.64. The molecule has 0 aromatic heterocycles. The Hall–Kier alpha value is -1.59. The number of amides is 2. The minimum absolute atomic E-state index is 0.000793. The molecular weight excluding hydrogens is 238 g/mol. The summed E-state index contributed by atoms with van der Waals surface area (Å²) in [4.78, 5) is 35.0. The largest absolute Gasteiger partial charge is 0.462 e. The molecule has 2 amide bonds.